The van der Waals surface area contributed by atoms with Crippen molar-refractivity contribution in [2.45, 2.75) is 6.04 Å². The molecule has 0 aromatic carbocycles. The molecule has 0 aliphatic carbocycles. The first-order valence-electron chi connectivity index (χ1n) is 3.33. The van der Waals surface area contributed by atoms with Crippen LogP contribution in [0.5, 0.6) is 0 Å². The van der Waals surface area contributed by atoms with Gasteiger partial charge in [0.15, 0.2) is 6.04 Å². The first kappa shape index (κ1) is 9.79. The second kappa shape index (κ2) is 3.61. The number of carboxylic acids is 1. The summed E-state index contributed by atoms with van der Waals surface area (Å²) in [5.41, 5.74) is 0. The molecule has 0 radical (unpaired) electrons. The molecule has 0 saturated heterocycles. The maximum Gasteiger partial charge on any atom is 0.413 e. The van der Waals surface area contributed by atoms with Gasteiger partial charge in [-0.1, -0.05) is 12.2 Å². The summed E-state index contributed by atoms with van der Waals surface area (Å²) >= 11 is 2.96. The lowest BCUT2D eigenvalue weighted by Crippen LogP contribution is -2.42. The molecule has 1 atom stereocenters. The van der Waals surface area contributed by atoms with Crippen molar-refractivity contribution < 1.29 is 19.8 Å². The van der Waals surface area contributed by atoms with E-state index in [2.05, 4.69) is 15.9 Å². The molecule has 0 saturated carbocycles. The molecule has 0 fully saturated rings. The highest BCUT2D eigenvalue weighted by atomic mass is 79.9. The van der Waals surface area contributed by atoms with Gasteiger partial charge in [0.2, 0.25) is 0 Å². The van der Waals surface area contributed by atoms with Gasteiger partial charge in [0, 0.05) is 0 Å². The fraction of sp³-hybridized carbons (Fsp3) is 0.143. The van der Waals surface area contributed by atoms with Gasteiger partial charge >= 0.3 is 12.1 Å². The molecule has 5 nitrogen and oxygen atoms in total. The summed E-state index contributed by atoms with van der Waals surface area (Å²) < 4.78 is 0.218. The maximum absolute atomic E-state index is 10.6. The van der Waals surface area contributed by atoms with E-state index >= 15 is 0 Å². The molecule has 1 aliphatic heterocycles. The second-order valence-corrected chi connectivity index (χ2v) is 3.12. The smallest absolute Gasteiger partial charge is 0.413 e. The minimum Gasteiger partial charge on any atom is -0.479 e. The van der Waals surface area contributed by atoms with Crippen molar-refractivity contribution in [3.63, 3.8) is 0 Å². The molecule has 6 heteroatoms. The first-order valence-corrected chi connectivity index (χ1v) is 4.12. The highest BCUT2D eigenvalue weighted by molar-refractivity contribution is 9.11. The van der Waals surface area contributed by atoms with Crippen molar-refractivity contribution in [2.75, 3.05) is 0 Å². The molecule has 1 heterocycles. The number of carbonyl (C=O) groups is 2. The number of hydrogen-bond acceptors (Lipinski definition) is 2. The molecule has 0 spiro atoms. The average molecular weight is 248 g/mol. The Morgan fingerprint density at radius 2 is 2.08 bits per heavy atom. The summed E-state index contributed by atoms with van der Waals surface area (Å²) in [5, 5.41) is 17.4. The van der Waals surface area contributed by atoms with E-state index in [9.17, 15) is 9.59 Å². The molecule has 0 aromatic rings. The Hall–Kier alpha value is -1.30. The Morgan fingerprint density at radius 1 is 1.46 bits per heavy atom. The lowest BCUT2D eigenvalue weighted by molar-refractivity contribution is -0.140. The van der Waals surface area contributed by atoms with Crippen LogP contribution >= 0.6 is 15.9 Å². The van der Waals surface area contributed by atoms with Crippen LogP contribution in [0, 0.1) is 0 Å². The molecular weight excluding hydrogens is 242 g/mol. The SMILES string of the molecule is O=C(O)C1C=CC=C(Br)N1C(=O)O. The van der Waals surface area contributed by atoms with Crippen molar-refractivity contribution in [3.05, 3.63) is 22.8 Å². The Labute approximate surface area is 82.1 Å². The minimum absolute atomic E-state index is 0.218. The molecule has 70 valence electrons. The number of allylic oxidation sites excluding steroid dienone is 2. The van der Waals surface area contributed by atoms with Crippen LogP contribution in [0.15, 0.2) is 22.8 Å². The largest absolute Gasteiger partial charge is 0.479 e. The lowest BCUT2D eigenvalue weighted by Gasteiger charge is -2.25. The lowest BCUT2D eigenvalue weighted by atomic mass is 10.2. The zero-order valence-corrected chi connectivity index (χ0v) is 7.93. The molecule has 13 heavy (non-hydrogen) atoms. The van der Waals surface area contributed by atoms with Gasteiger partial charge in [-0.15, -0.1) is 0 Å². The summed E-state index contributed by atoms with van der Waals surface area (Å²) in [5.74, 6) is -1.20. The van der Waals surface area contributed by atoms with Gasteiger partial charge in [-0.3, -0.25) is 4.90 Å². The number of rotatable bonds is 1. The van der Waals surface area contributed by atoms with Gasteiger partial charge in [-0.25, -0.2) is 9.59 Å². The van der Waals surface area contributed by atoms with Gasteiger partial charge in [-0.2, -0.15) is 0 Å². The van der Waals surface area contributed by atoms with E-state index < -0.39 is 18.1 Å². The van der Waals surface area contributed by atoms with Gasteiger partial charge in [0.1, 0.15) is 0 Å². The molecule has 1 amide bonds. The van der Waals surface area contributed by atoms with Crippen LogP contribution in [0.4, 0.5) is 4.79 Å². The van der Waals surface area contributed by atoms with Gasteiger partial charge in [0.25, 0.3) is 0 Å². The number of aliphatic carboxylic acids is 1. The maximum atomic E-state index is 10.6. The summed E-state index contributed by atoms with van der Waals surface area (Å²) in [4.78, 5) is 22.0. The summed E-state index contributed by atoms with van der Waals surface area (Å²) in [6.07, 6.45) is 2.94. The van der Waals surface area contributed by atoms with Crippen LogP contribution in [-0.2, 0) is 4.79 Å². The van der Waals surface area contributed by atoms with Gasteiger partial charge in [-0.05, 0) is 22.0 Å². The van der Waals surface area contributed by atoms with Crippen LogP contribution in [0.1, 0.15) is 0 Å². The van der Waals surface area contributed by atoms with Crippen LogP contribution in [-0.4, -0.2) is 33.2 Å². The number of amides is 1. The Balaban J connectivity index is 2.99. The standard InChI is InChI=1S/C7H6BrNO4/c8-5-3-1-2-4(6(10)11)9(5)7(12)13/h1-4H,(H,10,11)(H,12,13). The quantitative estimate of drug-likeness (QED) is 0.684. The van der Waals surface area contributed by atoms with Crippen molar-refractivity contribution in [2.24, 2.45) is 0 Å². The molecule has 2 N–H and O–H groups in total. The van der Waals surface area contributed by atoms with Crippen LogP contribution in [0.3, 0.4) is 0 Å². The Morgan fingerprint density at radius 3 is 2.46 bits per heavy atom. The van der Waals surface area contributed by atoms with Crippen molar-refractivity contribution in [1.82, 2.24) is 4.90 Å². The number of nitrogens with zero attached hydrogens (tertiary/aromatic N) is 1. The van der Waals surface area contributed by atoms with E-state index in [4.69, 9.17) is 10.2 Å². The van der Waals surface area contributed by atoms with E-state index in [-0.39, 0.29) is 4.61 Å². The highest BCUT2D eigenvalue weighted by Crippen LogP contribution is 2.21. The molecular formula is C7H6BrNO4. The average Bonchev–Trinajstić information content (AvgIpc) is 2.02. The van der Waals surface area contributed by atoms with Crippen molar-refractivity contribution >= 4 is 28.0 Å². The normalized spacial score (nSPS) is 21.2. The van der Waals surface area contributed by atoms with E-state index in [0.29, 0.717) is 0 Å². The molecule has 1 rings (SSSR count). The monoisotopic (exact) mass is 247 g/mol. The number of carboxylic acid groups (broad SMARTS) is 2. The second-order valence-electron chi connectivity index (χ2n) is 2.31. The third-order valence-corrected chi connectivity index (χ3v) is 2.14. The topological polar surface area (TPSA) is 77.8 Å². The zero-order chi connectivity index (χ0) is 10.0. The fourth-order valence-corrected chi connectivity index (χ4v) is 1.47. The molecule has 0 bridgehead atoms. The van der Waals surface area contributed by atoms with E-state index in [1.807, 2.05) is 0 Å². The van der Waals surface area contributed by atoms with Gasteiger partial charge in [0.05, 0.1) is 4.61 Å². The highest BCUT2D eigenvalue weighted by Gasteiger charge is 2.30. The minimum atomic E-state index is -1.31. The van der Waals surface area contributed by atoms with E-state index in [0.717, 1.165) is 4.90 Å². The van der Waals surface area contributed by atoms with Crippen molar-refractivity contribution in [3.8, 4) is 0 Å². The van der Waals surface area contributed by atoms with Crippen LogP contribution in [0.2, 0.25) is 0 Å². The Kier molecular flexibility index (Phi) is 2.72. The predicted octanol–water partition coefficient (Wildman–Crippen LogP) is 1.23. The van der Waals surface area contributed by atoms with E-state index in [1.54, 1.807) is 0 Å². The molecule has 1 aliphatic rings. The summed E-state index contributed by atoms with van der Waals surface area (Å²) in [6.45, 7) is 0. The third-order valence-electron chi connectivity index (χ3n) is 1.49. The van der Waals surface area contributed by atoms with Crippen molar-refractivity contribution in [1.29, 1.82) is 0 Å². The summed E-state index contributed by atoms with van der Waals surface area (Å²) in [6, 6.07) is -1.16. The Bertz CT molecular complexity index is 310. The predicted molar refractivity (Wildman–Crippen MR) is 47.4 cm³/mol. The summed E-state index contributed by atoms with van der Waals surface area (Å²) in [7, 11) is 0. The molecule has 1 unspecified atom stereocenters. The van der Waals surface area contributed by atoms with E-state index in [1.165, 1.54) is 18.2 Å². The fourth-order valence-electron chi connectivity index (χ4n) is 0.943. The number of halogens is 1. The van der Waals surface area contributed by atoms with Gasteiger partial charge < -0.3 is 10.2 Å². The first-order chi connectivity index (χ1) is 6.04. The van der Waals surface area contributed by atoms with Crippen LogP contribution in [0.25, 0.3) is 0 Å². The number of hydrogen-bond donors (Lipinski definition) is 2. The molecule has 0 aromatic heterocycles. The third kappa shape index (κ3) is 1.89. The van der Waals surface area contributed by atoms with Crippen LogP contribution < -0.4 is 0 Å². The zero-order valence-electron chi connectivity index (χ0n) is 6.35.